The lowest BCUT2D eigenvalue weighted by Gasteiger charge is -2.54. The second kappa shape index (κ2) is 4.83. The van der Waals surface area contributed by atoms with Gasteiger partial charge < -0.3 is 5.73 Å². The summed E-state index contributed by atoms with van der Waals surface area (Å²) in [6.45, 7) is 3.79. The van der Waals surface area contributed by atoms with Gasteiger partial charge in [-0.05, 0) is 68.1 Å². The molecule has 1 aromatic heterocycles. The predicted molar refractivity (Wildman–Crippen MR) is 77.8 cm³/mol. The second-order valence-corrected chi connectivity index (χ2v) is 7.32. The Morgan fingerprint density at radius 3 is 2.30 bits per heavy atom. The highest BCUT2D eigenvalue weighted by Gasteiger charge is 2.48. The van der Waals surface area contributed by atoms with Crippen molar-refractivity contribution in [3.8, 4) is 0 Å². The Bertz CT molecular complexity index is 465. The third-order valence-electron chi connectivity index (χ3n) is 6.25. The van der Waals surface area contributed by atoms with Crippen LogP contribution >= 0.6 is 0 Å². The van der Waals surface area contributed by atoms with Crippen molar-refractivity contribution in [3.05, 3.63) is 11.4 Å². The van der Waals surface area contributed by atoms with Crippen molar-refractivity contribution < 1.29 is 0 Å². The molecule has 20 heavy (non-hydrogen) atoms. The molecule has 0 unspecified atom stereocenters. The van der Waals surface area contributed by atoms with Gasteiger partial charge in [-0.1, -0.05) is 12.1 Å². The van der Waals surface area contributed by atoms with Crippen molar-refractivity contribution in [2.75, 3.05) is 0 Å². The van der Waals surface area contributed by atoms with Crippen molar-refractivity contribution in [2.24, 2.45) is 35.3 Å². The summed E-state index contributed by atoms with van der Waals surface area (Å²) in [7, 11) is 0. The fourth-order valence-corrected chi connectivity index (χ4v) is 5.60. The zero-order chi connectivity index (χ0) is 13.7. The molecule has 1 heterocycles. The number of nitrogens with two attached hydrogens (primary N) is 1. The predicted octanol–water partition coefficient (Wildman–Crippen LogP) is 2.37. The topological polar surface area (TPSA) is 56.7 Å². The lowest BCUT2D eigenvalue weighted by Crippen LogP contribution is -2.46. The van der Waals surface area contributed by atoms with Crippen LogP contribution in [0.5, 0.6) is 0 Å². The molecule has 0 amide bonds. The quantitative estimate of drug-likeness (QED) is 0.917. The molecule has 0 aliphatic heterocycles. The Morgan fingerprint density at radius 1 is 1.10 bits per heavy atom. The van der Waals surface area contributed by atoms with Crippen LogP contribution in [0.25, 0.3) is 0 Å². The fourth-order valence-electron chi connectivity index (χ4n) is 5.60. The lowest BCUT2D eigenvalue weighted by atomic mass is 9.52. The summed E-state index contributed by atoms with van der Waals surface area (Å²) in [5.74, 6) is 4.87. The van der Waals surface area contributed by atoms with Gasteiger partial charge in [0.05, 0.1) is 11.4 Å². The van der Waals surface area contributed by atoms with Crippen LogP contribution < -0.4 is 5.73 Å². The number of hydrogen-bond acceptors (Lipinski definition) is 3. The molecule has 1 aromatic rings. The first-order chi connectivity index (χ1) is 9.78. The summed E-state index contributed by atoms with van der Waals surface area (Å²) in [6.07, 6.45) is 8.46. The normalized spacial score (nSPS) is 38.6. The van der Waals surface area contributed by atoms with E-state index in [4.69, 9.17) is 5.73 Å². The van der Waals surface area contributed by atoms with Crippen molar-refractivity contribution in [1.29, 1.82) is 0 Å². The van der Waals surface area contributed by atoms with E-state index in [2.05, 4.69) is 21.9 Å². The van der Waals surface area contributed by atoms with E-state index >= 15 is 0 Å². The molecule has 0 spiro atoms. The number of aromatic nitrogens is 3. The molecule has 4 aliphatic carbocycles. The largest absolute Gasteiger partial charge is 0.325 e. The standard InChI is InChI=1S/C16H26N4/c1-2-16-15(8-17)18-19-20(16)9-14-12-4-10-3-11(6-12)7-13(14)5-10/h10-14H,2-9,17H2,1H3. The minimum absolute atomic E-state index is 0.519. The summed E-state index contributed by atoms with van der Waals surface area (Å²) in [5, 5.41) is 8.67. The second-order valence-electron chi connectivity index (χ2n) is 7.32. The Balaban J connectivity index is 1.56. The van der Waals surface area contributed by atoms with E-state index in [0.29, 0.717) is 6.54 Å². The monoisotopic (exact) mass is 274 g/mol. The van der Waals surface area contributed by atoms with E-state index in [1.54, 1.807) is 0 Å². The first kappa shape index (κ1) is 12.8. The van der Waals surface area contributed by atoms with Crippen molar-refractivity contribution in [3.63, 3.8) is 0 Å². The summed E-state index contributed by atoms with van der Waals surface area (Å²) in [4.78, 5) is 0. The minimum atomic E-state index is 0.519. The Kier molecular flexibility index (Phi) is 3.09. The maximum Gasteiger partial charge on any atom is 0.0994 e. The maximum atomic E-state index is 5.77. The first-order valence-electron chi connectivity index (χ1n) is 8.39. The van der Waals surface area contributed by atoms with Gasteiger partial charge in [-0.2, -0.15) is 0 Å². The molecular weight excluding hydrogens is 248 g/mol. The molecule has 0 radical (unpaired) electrons. The van der Waals surface area contributed by atoms with Crippen LogP contribution in [0, 0.1) is 29.6 Å². The van der Waals surface area contributed by atoms with Gasteiger partial charge in [0.2, 0.25) is 0 Å². The Labute approximate surface area is 121 Å². The average molecular weight is 274 g/mol. The molecule has 4 nitrogen and oxygen atoms in total. The zero-order valence-corrected chi connectivity index (χ0v) is 12.5. The lowest BCUT2D eigenvalue weighted by molar-refractivity contribution is -0.0446. The first-order valence-corrected chi connectivity index (χ1v) is 8.39. The molecule has 4 saturated carbocycles. The molecule has 110 valence electrons. The fraction of sp³-hybridized carbons (Fsp3) is 0.875. The van der Waals surface area contributed by atoms with Gasteiger partial charge in [-0.15, -0.1) is 5.10 Å². The number of nitrogens with zero attached hydrogens (tertiary/aromatic N) is 3. The summed E-state index contributed by atoms with van der Waals surface area (Å²) < 4.78 is 2.18. The molecule has 0 atom stereocenters. The number of hydrogen-bond donors (Lipinski definition) is 1. The molecule has 4 heteroatoms. The zero-order valence-electron chi connectivity index (χ0n) is 12.5. The Morgan fingerprint density at radius 2 is 1.75 bits per heavy atom. The van der Waals surface area contributed by atoms with Crippen LogP contribution in [0.15, 0.2) is 0 Å². The highest BCUT2D eigenvalue weighted by molar-refractivity contribution is 5.10. The number of rotatable bonds is 4. The molecule has 2 N–H and O–H groups in total. The minimum Gasteiger partial charge on any atom is -0.325 e. The van der Waals surface area contributed by atoms with Crippen LogP contribution in [0.4, 0.5) is 0 Å². The molecule has 4 aliphatic rings. The van der Waals surface area contributed by atoms with Crippen LogP contribution in [0.3, 0.4) is 0 Å². The van der Waals surface area contributed by atoms with Gasteiger partial charge >= 0.3 is 0 Å². The molecule has 4 fully saturated rings. The van der Waals surface area contributed by atoms with Crippen molar-refractivity contribution in [1.82, 2.24) is 15.0 Å². The average Bonchev–Trinajstić information content (AvgIpc) is 2.83. The van der Waals surface area contributed by atoms with Crippen LogP contribution in [0.1, 0.15) is 50.4 Å². The third kappa shape index (κ3) is 1.92. The van der Waals surface area contributed by atoms with Gasteiger partial charge in [0, 0.05) is 13.1 Å². The molecule has 0 aromatic carbocycles. The van der Waals surface area contributed by atoms with Gasteiger partial charge in [0.25, 0.3) is 0 Å². The summed E-state index contributed by atoms with van der Waals surface area (Å²) in [5.41, 5.74) is 8.03. The van der Waals surface area contributed by atoms with Crippen molar-refractivity contribution in [2.45, 2.75) is 58.5 Å². The molecule has 5 rings (SSSR count). The molecule has 0 saturated heterocycles. The van der Waals surface area contributed by atoms with E-state index in [0.717, 1.165) is 48.2 Å². The van der Waals surface area contributed by atoms with E-state index in [-0.39, 0.29) is 0 Å². The van der Waals surface area contributed by atoms with Crippen molar-refractivity contribution >= 4 is 0 Å². The van der Waals surface area contributed by atoms with Gasteiger partial charge in [0.1, 0.15) is 0 Å². The summed E-state index contributed by atoms with van der Waals surface area (Å²) in [6, 6.07) is 0. The molecular formula is C16H26N4. The van der Waals surface area contributed by atoms with E-state index in [1.807, 2.05) is 0 Å². The highest BCUT2D eigenvalue weighted by Crippen LogP contribution is 2.56. The van der Waals surface area contributed by atoms with Crippen LogP contribution in [-0.4, -0.2) is 15.0 Å². The van der Waals surface area contributed by atoms with Crippen LogP contribution in [0.2, 0.25) is 0 Å². The SMILES string of the molecule is CCc1c(CN)nnn1CC1C2CC3CC(C2)CC1C3. The smallest absolute Gasteiger partial charge is 0.0994 e. The Hall–Kier alpha value is -0.900. The van der Waals surface area contributed by atoms with Gasteiger partial charge in [-0.25, -0.2) is 4.68 Å². The van der Waals surface area contributed by atoms with E-state index in [1.165, 1.54) is 37.8 Å². The summed E-state index contributed by atoms with van der Waals surface area (Å²) >= 11 is 0. The molecule has 4 bridgehead atoms. The van der Waals surface area contributed by atoms with E-state index in [9.17, 15) is 0 Å². The maximum absolute atomic E-state index is 5.77. The highest BCUT2D eigenvalue weighted by atomic mass is 15.4. The van der Waals surface area contributed by atoms with Gasteiger partial charge in [-0.3, -0.25) is 0 Å². The third-order valence-corrected chi connectivity index (χ3v) is 6.25. The van der Waals surface area contributed by atoms with E-state index < -0.39 is 0 Å². The van der Waals surface area contributed by atoms with Crippen LogP contribution in [-0.2, 0) is 19.5 Å². The van der Waals surface area contributed by atoms with Gasteiger partial charge in [0.15, 0.2) is 0 Å².